The maximum Gasteiger partial charge on any atom is 0.214 e. The molecular weight excluding hydrogens is 204 g/mol. The van der Waals surface area contributed by atoms with Crippen molar-refractivity contribution < 1.29 is 5.11 Å². The lowest BCUT2D eigenvalue weighted by atomic mass is 11.0. The van der Waals surface area contributed by atoms with Gasteiger partial charge < -0.3 is 5.11 Å². The van der Waals surface area contributed by atoms with E-state index in [4.69, 9.17) is 5.11 Å². The fourth-order valence-corrected chi connectivity index (χ4v) is 1.50. The summed E-state index contributed by atoms with van der Waals surface area (Å²) in [7, 11) is 3.85. The first-order valence-electron chi connectivity index (χ1n) is 2.81. The third-order valence-corrected chi connectivity index (χ3v) is 2.87. The summed E-state index contributed by atoms with van der Waals surface area (Å²) < 4.78 is -0.306. The van der Waals surface area contributed by atoms with Crippen LogP contribution in [0.5, 0.6) is 0 Å². The molecule has 10 heavy (non-hydrogen) atoms. The van der Waals surface area contributed by atoms with Crippen LogP contribution in [-0.2, 0) is 0 Å². The number of hydrogen-bond donors (Lipinski definition) is 2. The molecule has 0 radical (unpaired) electrons. The van der Waals surface area contributed by atoms with Crippen molar-refractivity contribution in [1.82, 2.24) is 0 Å². The van der Waals surface area contributed by atoms with Crippen LogP contribution in [0.2, 0.25) is 0 Å². The van der Waals surface area contributed by atoms with E-state index in [0.717, 1.165) is 0 Å². The minimum Gasteiger partial charge on any atom is -0.494 e. The second-order valence-corrected chi connectivity index (χ2v) is 5.25. The van der Waals surface area contributed by atoms with E-state index in [1.54, 1.807) is 0 Å². The number of aliphatic hydroxyl groups excluding tert-OH is 1. The summed E-state index contributed by atoms with van der Waals surface area (Å²) in [5.41, 5.74) is 0. The number of thiocarbonyl (C=S) groups is 1. The van der Waals surface area contributed by atoms with Crippen LogP contribution in [0, 0.1) is 0 Å². The molecule has 0 aliphatic carbocycles. The van der Waals surface area contributed by atoms with Crippen LogP contribution in [0.3, 0.4) is 0 Å². The van der Waals surface area contributed by atoms with Gasteiger partial charge in [0, 0.05) is 11.5 Å². The third kappa shape index (κ3) is 36.3. The lowest BCUT2D eigenvalue weighted by Crippen LogP contribution is -1.66. The number of thiol groups is 1. The van der Waals surface area contributed by atoms with Gasteiger partial charge in [0.25, 0.3) is 0 Å². The Morgan fingerprint density at radius 2 is 1.60 bits per heavy atom. The fourth-order valence-electron chi connectivity index (χ4n) is 0.167. The molecular formula is C5H12OS4. The van der Waals surface area contributed by atoms with Crippen LogP contribution in [0.4, 0.5) is 0 Å². The predicted molar refractivity (Wildman–Crippen MR) is 60.5 cm³/mol. The van der Waals surface area contributed by atoms with Crippen molar-refractivity contribution in [3.8, 4) is 0 Å². The molecule has 0 aliphatic rings. The minimum atomic E-state index is -0.306. The van der Waals surface area contributed by atoms with E-state index in [9.17, 15) is 0 Å². The zero-order valence-corrected chi connectivity index (χ0v) is 9.38. The van der Waals surface area contributed by atoms with Crippen molar-refractivity contribution >= 4 is 50.8 Å². The van der Waals surface area contributed by atoms with Gasteiger partial charge in [0.05, 0.1) is 0 Å². The van der Waals surface area contributed by atoms with Crippen LogP contribution in [0.15, 0.2) is 0 Å². The number of aliphatic hydroxyl groups is 1. The van der Waals surface area contributed by atoms with Gasteiger partial charge in [0.2, 0.25) is 4.38 Å². The average molecular weight is 216 g/mol. The fraction of sp³-hybridized carbons (Fsp3) is 0.800. The van der Waals surface area contributed by atoms with Crippen LogP contribution >= 0.6 is 46.4 Å². The van der Waals surface area contributed by atoms with Gasteiger partial charge in [0.15, 0.2) is 0 Å². The first-order valence-corrected chi connectivity index (χ1v) is 6.15. The van der Waals surface area contributed by atoms with Gasteiger partial charge in [-0.1, -0.05) is 48.1 Å². The second kappa shape index (κ2) is 12.6. The molecule has 1 nitrogen and oxygen atoms in total. The van der Waals surface area contributed by atoms with E-state index in [2.05, 4.69) is 38.7 Å². The third-order valence-electron chi connectivity index (χ3n) is 0.319. The quantitative estimate of drug-likeness (QED) is 0.327. The molecule has 5 heteroatoms. The van der Waals surface area contributed by atoms with Gasteiger partial charge in [-0.3, -0.25) is 0 Å². The van der Waals surface area contributed by atoms with Gasteiger partial charge >= 0.3 is 0 Å². The monoisotopic (exact) mass is 216 g/mol. The van der Waals surface area contributed by atoms with E-state index in [1.165, 1.54) is 11.5 Å². The second-order valence-electron chi connectivity index (χ2n) is 1.10. The Balaban J connectivity index is 0. The first-order chi connectivity index (χ1) is 4.65. The number of hydrogen-bond acceptors (Lipinski definition) is 3. The zero-order valence-electron chi connectivity index (χ0n) is 6.03. The highest BCUT2D eigenvalue weighted by molar-refractivity contribution is 8.76. The van der Waals surface area contributed by atoms with Gasteiger partial charge in [-0.25, -0.2) is 0 Å². The van der Waals surface area contributed by atoms with Crippen LogP contribution in [0.1, 0.15) is 13.8 Å². The Labute approximate surface area is 81.2 Å². The summed E-state index contributed by atoms with van der Waals surface area (Å²) in [6, 6.07) is 0. The van der Waals surface area contributed by atoms with E-state index < -0.39 is 0 Å². The Kier molecular flexibility index (Phi) is 17.0. The smallest absolute Gasteiger partial charge is 0.214 e. The standard InChI is InChI=1S/C4H10S2.CH2OS2/c1-3-5-6-4-2;2-1(3)4/h3-4H2,1-2H3;(H2,2,3,4). The average Bonchev–Trinajstić information content (AvgIpc) is 1.82. The molecule has 0 aromatic carbocycles. The Morgan fingerprint density at radius 3 is 1.70 bits per heavy atom. The van der Waals surface area contributed by atoms with Crippen molar-refractivity contribution in [1.29, 1.82) is 0 Å². The summed E-state index contributed by atoms with van der Waals surface area (Å²) in [5, 5.41) is 7.65. The largest absolute Gasteiger partial charge is 0.494 e. The highest BCUT2D eigenvalue weighted by atomic mass is 33.1. The molecule has 0 bridgehead atoms. The molecule has 0 unspecified atom stereocenters. The zero-order chi connectivity index (χ0) is 8.41. The van der Waals surface area contributed by atoms with Gasteiger partial charge in [-0.05, 0) is 12.2 Å². The van der Waals surface area contributed by atoms with Crippen LogP contribution in [-0.4, -0.2) is 21.0 Å². The maximum absolute atomic E-state index is 7.65. The van der Waals surface area contributed by atoms with E-state index in [1.807, 2.05) is 21.6 Å². The van der Waals surface area contributed by atoms with Crippen molar-refractivity contribution in [3.05, 3.63) is 0 Å². The Hall–Kier alpha value is 0.940. The predicted octanol–water partition coefficient (Wildman–Crippen LogP) is 3.17. The summed E-state index contributed by atoms with van der Waals surface area (Å²) in [5.74, 6) is 2.47. The summed E-state index contributed by atoms with van der Waals surface area (Å²) in [6.07, 6.45) is 0. The molecule has 0 saturated heterocycles. The first kappa shape index (κ1) is 13.5. The SMILES string of the molecule is CCSSCC.OC(=S)S. The molecule has 1 N–H and O–H groups in total. The molecule has 0 aromatic rings. The molecule has 0 saturated carbocycles. The molecule has 0 aromatic heterocycles. The Morgan fingerprint density at radius 1 is 1.40 bits per heavy atom. The van der Waals surface area contributed by atoms with Crippen molar-refractivity contribution in [2.75, 3.05) is 11.5 Å². The lowest BCUT2D eigenvalue weighted by molar-refractivity contribution is 0.586. The van der Waals surface area contributed by atoms with Gasteiger partial charge in [0.1, 0.15) is 0 Å². The highest BCUT2D eigenvalue weighted by Gasteiger charge is 1.75. The maximum atomic E-state index is 7.65. The molecule has 0 spiro atoms. The number of rotatable bonds is 3. The van der Waals surface area contributed by atoms with Gasteiger partial charge in [-0.2, -0.15) is 0 Å². The minimum absolute atomic E-state index is 0.306. The summed E-state index contributed by atoms with van der Waals surface area (Å²) in [4.78, 5) is 0. The normalized spacial score (nSPS) is 7.90. The lowest BCUT2D eigenvalue weighted by Gasteiger charge is -1.86. The van der Waals surface area contributed by atoms with Crippen molar-refractivity contribution in [2.45, 2.75) is 13.8 Å². The molecule has 0 rings (SSSR count). The highest BCUT2D eigenvalue weighted by Crippen LogP contribution is 2.18. The van der Waals surface area contributed by atoms with Crippen LogP contribution in [0.25, 0.3) is 0 Å². The molecule has 0 fully saturated rings. The van der Waals surface area contributed by atoms with E-state index in [0.29, 0.717) is 0 Å². The molecule has 62 valence electrons. The summed E-state index contributed by atoms with van der Waals surface area (Å²) >= 11 is 7.21. The Bertz CT molecular complexity index is 68.0. The van der Waals surface area contributed by atoms with Crippen LogP contribution < -0.4 is 0 Å². The molecule has 0 aliphatic heterocycles. The van der Waals surface area contributed by atoms with E-state index >= 15 is 0 Å². The summed E-state index contributed by atoms with van der Waals surface area (Å²) in [6.45, 7) is 4.35. The van der Waals surface area contributed by atoms with Gasteiger partial charge in [-0.15, -0.1) is 0 Å². The molecule has 0 amide bonds. The van der Waals surface area contributed by atoms with Crippen molar-refractivity contribution in [2.24, 2.45) is 0 Å². The topological polar surface area (TPSA) is 20.2 Å². The van der Waals surface area contributed by atoms with Crippen molar-refractivity contribution in [3.63, 3.8) is 0 Å². The molecule has 0 atom stereocenters. The van der Waals surface area contributed by atoms with E-state index in [-0.39, 0.29) is 4.38 Å². The molecule has 0 heterocycles.